The quantitative estimate of drug-likeness (QED) is 0.712. The van der Waals surface area contributed by atoms with Gasteiger partial charge >= 0.3 is 5.69 Å². The first-order valence-corrected chi connectivity index (χ1v) is 6.01. The molecule has 0 radical (unpaired) electrons. The van der Waals surface area contributed by atoms with Crippen molar-refractivity contribution in [1.82, 2.24) is 14.4 Å². The zero-order chi connectivity index (χ0) is 13.4. The zero-order valence-corrected chi connectivity index (χ0v) is 10.6. The standard InChI is InChI=1S/C15H13N3O/c1-3-4-8-12-10(2)18-14(16-12)11-7-5-6-9-13(11)17-15(18)19/h3-9H,1H2,2H3,(H,17,19)/b8-4-. The number of allylic oxidation sites excluding steroid dienone is 2. The van der Waals surface area contributed by atoms with Gasteiger partial charge in [-0.05, 0) is 25.1 Å². The molecule has 19 heavy (non-hydrogen) atoms. The molecule has 94 valence electrons. The number of nitrogens with zero attached hydrogens (tertiary/aromatic N) is 2. The topological polar surface area (TPSA) is 50.2 Å². The van der Waals surface area contributed by atoms with Crippen molar-refractivity contribution in [3.05, 3.63) is 64.9 Å². The lowest BCUT2D eigenvalue weighted by Crippen LogP contribution is -2.17. The lowest BCUT2D eigenvalue weighted by atomic mass is 10.2. The van der Waals surface area contributed by atoms with E-state index in [1.54, 1.807) is 10.5 Å². The molecule has 0 atom stereocenters. The summed E-state index contributed by atoms with van der Waals surface area (Å²) in [6.45, 7) is 5.52. The number of hydrogen-bond acceptors (Lipinski definition) is 2. The molecular weight excluding hydrogens is 238 g/mol. The van der Waals surface area contributed by atoms with Crippen LogP contribution in [0.5, 0.6) is 0 Å². The minimum atomic E-state index is -0.169. The van der Waals surface area contributed by atoms with Gasteiger partial charge in [-0.1, -0.05) is 30.9 Å². The summed E-state index contributed by atoms with van der Waals surface area (Å²) in [5.41, 5.74) is 2.91. The predicted octanol–water partition coefficient (Wildman–Crippen LogP) is 2.68. The van der Waals surface area contributed by atoms with E-state index in [0.717, 1.165) is 22.3 Å². The molecule has 1 N–H and O–H groups in total. The lowest BCUT2D eigenvalue weighted by Gasteiger charge is -2.00. The molecule has 0 saturated carbocycles. The molecule has 2 aromatic heterocycles. The molecule has 4 heteroatoms. The number of imidazole rings is 1. The maximum Gasteiger partial charge on any atom is 0.331 e. The van der Waals surface area contributed by atoms with Crippen molar-refractivity contribution >= 4 is 22.6 Å². The van der Waals surface area contributed by atoms with Crippen LogP contribution in [0.4, 0.5) is 0 Å². The smallest absolute Gasteiger partial charge is 0.306 e. The van der Waals surface area contributed by atoms with Crippen LogP contribution < -0.4 is 5.69 Å². The third-order valence-electron chi connectivity index (χ3n) is 3.15. The number of aromatic amines is 1. The Morgan fingerprint density at radius 2 is 2.16 bits per heavy atom. The van der Waals surface area contributed by atoms with Crippen LogP contribution in [0.15, 0.2) is 47.8 Å². The Labute approximate surface area is 109 Å². The fraction of sp³-hybridized carbons (Fsp3) is 0.0667. The normalized spacial score (nSPS) is 11.6. The van der Waals surface area contributed by atoms with Crippen molar-refractivity contribution < 1.29 is 0 Å². The molecule has 0 fully saturated rings. The maximum atomic E-state index is 12.1. The SMILES string of the molecule is C=C/C=C\c1nc2c3ccccc3[nH]c(=O)n2c1C. The van der Waals surface area contributed by atoms with Crippen LogP contribution in [0.1, 0.15) is 11.4 Å². The fourth-order valence-electron chi connectivity index (χ4n) is 2.22. The number of para-hydroxylation sites is 1. The van der Waals surface area contributed by atoms with Crippen LogP contribution in [0.3, 0.4) is 0 Å². The molecule has 0 spiro atoms. The molecule has 0 amide bonds. The van der Waals surface area contributed by atoms with E-state index in [2.05, 4.69) is 16.5 Å². The minimum Gasteiger partial charge on any atom is -0.306 e. The molecule has 2 heterocycles. The molecule has 0 aliphatic heterocycles. The van der Waals surface area contributed by atoms with Gasteiger partial charge in [0, 0.05) is 5.39 Å². The number of benzene rings is 1. The Kier molecular flexibility index (Phi) is 2.56. The first-order valence-electron chi connectivity index (χ1n) is 6.01. The first kappa shape index (κ1) is 11.5. The van der Waals surface area contributed by atoms with Crippen molar-refractivity contribution in [3.8, 4) is 0 Å². The van der Waals surface area contributed by atoms with Crippen LogP contribution in [-0.2, 0) is 0 Å². The molecule has 3 aromatic rings. The van der Waals surface area contributed by atoms with Gasteiger partial charge in [0.05, 0.1) is 16.9 Å². The van der Waals surface area contributed by atoms with Crippen molar-refractivity contribution in [3.63, 3.8) is 0 Å². The van der Waals surface area contributed by atoms with Crippen molar-refractivity contribution in [2.75, 3.05) is 0 Å². The van der Waals surface area contributed by atoms with Gasteiger partial charge in [-0.3, -0.25) is 0 Å². The van der Waals surface area contributed by atoms with E-state index >= 15 is 0 Å². The summed E-state index contributed by atoms with van der Waals surface area (Å²) in [4.78, 5) is 19.5. The van der Waals surface area contributed by atoms with Crippen molar-refractivity contribution in [1.29, 1.82) is 0 Å². The second-order valence-corrected chi connectivity index (χ2v) is 4.31. The van der Waals surface area contributed by atoms with Crippen LogP contribution in [-0.4, -0.2) is 14.4 Å². The van der Waals surface area contributed by atoms with E-state index in [4.69, 9.17) is 0 Å². The van der Waals surface area contributed by atoms with Gasteiger partial charge < -0.3 is 4.98 Å². The van der Waals surface area contributed by atoms with Crippen LogP contribution in [0.2, 0.25) is 0 Å². The van der Waals surface area contributed by atoms with Gasteiger partial charge in [-0.15, -0.1) is 0 Å². The fourth-order valence-corrected chi connectivity index (χ4v) is 2.22. The van der Waals surface area contributed by atoms with Crippen molar-refractivity contribution in [2.45, 2.75) is 6.92 Å². The van der Waals surface area contributed by atoms with E-state index in [-0.39, 0.29) is 5.69 Å². The van der Waals surface area contributed by atoms with Crippen LogP contribution >= 0.6 is 0 Å². The maximum absolute atomic E-state index is 12.1. The van der Waals surface area contributed by atoms with E-state index < -0.39 is 0 Å². The largest absolute Gasteiger partial charge is 0.331 e. The van der Waals surface area contributed by atoms with Crippen LogP contribution in [0, 0.1) is 6.92 Å². The Balaban J connectivity index is 2.48. The Morgan fingerprint density at radius 1 is 1.37 bits per heavy atom. The zero-order valence-electron chi connectivity index (χ0n) is 10.6. The first-order chi connectivity index (χ1) is 9.22. The molecule has 1 aromatic carbocycles. The Bertz CT molecular complexity index is 868. The van der Waals surface area contributed by atoms with Gasteiger partial charge in [-0.25, -0.2) is 14.2 Å². The highest BCUT2D eigenvalue weighted by Crippen LogP contribution is 2.18. The minimum absolute atomic E-state index is 0.169. The Morgan fingerprint density at radius 3 is 2.95 bits per heavy atom. The lowest BCUT2D eigenvalue weighted by molar-refractivity contribution is 0.989. The number of hydrogen-bond donors (Lipinski definition) is 1. The van der Waals surface area contributed by atoms with Gasteiger partial charge in [0.15, 0.2) is 5.65 Å². The van der Waals surface area contributed by atoms with Gasteiger partial charge in [0.2, 0.25) is 0 Å². The van der Waals surface area contributed by atoms with Gasteiger partial charge in [0.25, 0.3) is 0 Å². The third kappa shape index (κ3) is 1.69. The molecule has 0 bridgehead atoms. The van der Waals surface area contributed by atoms with E-state index in [1.807, 2.05) is 43.3 Å². The molecule has 3 rings (SSSR count). The highest BCUT2D eigenvalue weighted by Gasteiger charge is 2.11. The van der Waals surface area contributed by atoms with E-state index in [1.165, 1.54) is 0 Å². The molecule has 0 unspecified atom stereocenters. The number of aryl methyl sites for hydroxylation is 1. The van der Waals surface area contributed by atoms with E-state index in [0.29, 0.717) is 5.65 Å². The second-order valence-electron chi connectivity index (χ2n) is 4.31. The summed E-state index contributed by atoms with van der Waals surface area (Å²) < 4.78 is 1.60. The second kappa shape index (κ2) is 4.24. The summed E-state index contributed by atoms with van der Waals surface area (Å²) in [6, 6.07) is 7.65. The molecule has 0 saturated heterocycles. The molecule has 0 aliphatic rings. The monoisotopic (exact) mass is 251 g/mol. The summed E-state index contributed by atoms with van der Waals surface area (Å²) in [6.07, 6.45) is 5.35. The summed E-state index contributed by atoms with van der Waals surface area (Å²) in [7, 11) is 0. The van der Waals surface area contributed by atoms with Crippen molar-refractivity contribution in [2.24, 2.45) is 0 Å². The molecule has 0 aliphatic carbocycles. The number of fused-ring (bicyclic) bond motifs is 3. The summed E-state index contributed by atoms with van der Waals surface area (Å²) >= 11 is 0. The average Bonchev–Trinajstić information content (AvgIpc) is 2.75. The van der Waals surface area contributed by atoms with Gasteiger partial charge in [-0.2, -0.15) is 0 Å². The molecule has 4 nitrogen and oxygen atoms in total. The number of rotatable bonds is 2. The third-order valence-corrected chi connectivity index (χ3v) is 3.15. The highest BCUT2D eigenvalue weighted by atomic mass is 16.1. The Hall–Kier alpha value is -2.62. The van der Waals surface area contributed by atoms with Crippen LogP contribution in [0.25, 0.3) is 22.6 Å². The highest BCUT2D eigenvalue weighted by molar-refractivity contribution is 5.91. The predicted molar refractivity (Wildman–Crippen MR) is 77.3 cm³/mol. The molecular formula is C15H13N3O. The average molecular weight is 251 g/mol. The summed E-state index contributed by atoms with van der Waals surface area (Å²) in [5, 5.41) is 0.934. The summed E-state index contributed by atoms with van der Waals surface area (Å²) in [5.74, 6) is 0. The van der Waals surface area contributed by atoms with E-state index in [9.17, 15) is 4.79 Å². The number of aromatic nitrogens is 3. The number of H-pyrrole nitrogens is 1. The van der Waals surface area contributed by atoms with Gasteiger partial charge in [0.1, 0.15) is 0 Å². The number of nitrogens with one attached hydrogen (secondary N) is 1.